The van der Waals surface area contributed by atoms with E-state index in [1.165, 1.54) is 18.2 Å². The molecule has 0 atom stereocenters. The highest BCUT2D eigenvalue weighted by Gasteiger charge is 2.32. The molecule has 2 N–H and O–H groups in total. The Balaban J connectivity index is 2.17. The molecule has 6 nitrogen and oxygen atoms in total. The van der Waals surface area contributed by atoms with E-state index in [1.54, 1.807) is 0 Å². The summed E-state index contributed by atoms with van der Waals surface area (Å²) in [5.41, 5.74) is -0.922. The van der Waals surface area contributed by atoms with Gasteiger partial charge in [0.15, 0.2) is 0 Å². The van der Waals surface area contributed by atoms with Crippen molar-refractivity contribution in [3.05, 3.63) is 28.8 Å². The molecule has 0 aromatic heterocycles. The van der Waals surface area contributed by atoms with Crippen LogP contribution in [0.1, 0.15) is 18.4 Å². The molecular formula is C13H15ClN2O4S. The molecular weight excluding hydrogens is 316 g/mol. The van der Waals surface area contributed by atoms with E-state index in [9.17, 15) is 13.5 Å². The first-order valence-electron chi connectivity index (χ1n) is 6.36. The summed E-state index contributed by atoms with van der Waals surface area (Å²) in [7, 11) is -3.89. The molecule has 0 saturated carbocycles. The van der Waals surface area contributed by atoms with Crippen LogP contribution in [0, 0.1) is 11.3 Å². The molecule has 1 aromatic rings. The quantitative estimate of drug-likeness (QED) is 0.859. The number of ether oxygens (including phenoxy) is 1. The fourth-order valence-electron chi connectivity index (χ4n) is 2.01. The Bertz CT molecular complexity index is 663. The van der Waals surface area contributed by atoms with E-state index in [0.717, 1.165) is 0 Å². The SMILES string of the molecule is N#Cc1ccc(Cl)c(S(=O)(=O)NCC2(O)CCOCC2)c1. The lowest BCUT2D eigenvalue weighted by atomic mass is 9.95. The number of sulfonamides is 1. The molecule has 0 unspecified atom stereocenters. The molecule has 21 heavy (non-hydrogen) atoms. The van der Waals surface area contributed by atoms with Gasteiger partial charge in [0, 0.05) is 32.6 Å². The van der Waals surface area contributed by atoms with Crippen LogP contribution in [0.3, 0.4) is 0 Å². The second-order valence-electron chi connectivity index (χ2n) is 4.92. The third-order valence-electron chi connectivity index (χ3n) is 3.36. The first kappa shape index (κ1) is 16.2. The fraction of sp³-hybridized carbons (Fsp3) is 0.462. The van der Waals surface area contributed by atoms with E-state index in [0.29, 0.717) is 26.1 Å². The van der Waals surface area contributed by atoms with Crippen LogP contribution in [-0.4, -0.2) is 38.9 Å². The summed E-state index contributed by atoms with van der Waals surface area (Å²) in [5.74, 6) is 0. The van der Waals surface area contributed by atoms with Gasteiger partial charge >= 0.3 is 0 Å². The van der Waals surface area contributed by atoms with Gasteiger partial charge in [0.1, 0.15) is 4.90 Å². The lowest BCUT2D eigenvalue weighted by Crippen LogP contribution is -2.46. The van der Waals surface area contributed by atoms with Gasteiger partial charge in [-0.15, -0.1) is 0 Å². The van der Waals surface area contributed by atoms with Crippen molar-refractivity contribution in [1.82, 2.24) is 4.72 Å². The van der Waals surface area contributed by atoms with Gasteiger partial charge in [-0.05, 0) is 18.2 Å². The highest BCUT2D eigenvalue weighted by atomic mass is 35.5. The van der Waals surface area contributed by atoms with E-state index < -0.39 is 15.6 Å². The molecule has 1 aliphatic rings. The van der Waals surface area contributed by atoms with E-state index in [1.807, 2.05) is 6.07 Å². The Morgan fingerprint density at radius 2 is 2.10 bits per heavy atom. The molecule has 0 radical (unpaired) electrons. The van der Waals surface area contributed by atoms with Crippen LogP contribution >= 0.6 is 11.6 Å². The Hall–Kier alpha value is -1.17. The van der Waals surface area contributed by atoms with Gasteiger partial charge in [-0.1, -0.05) is 11.6 Å². The lowest BCUT2D eigenvalue weighted by Gasteiger charge is -2.32. The number of hydrogen-bond donors (Lipinski definition) is 2. The minimum Gasteiger partial charge on any atom is -0.388 e. The number of nitrogens with zero attached hydrogens (tertiary/aromatic N) is 1. The Labute approximate surface area is 128 Å². The zero-order valence-corrected chi connectivity index (χ0v) is 12.7. The summed E-state index contributed by atoms with van der Waals surface area (Å²) in [5, 5.41) is 19.1. The van der Waals surface area contributed by atoms with Gasteiger partial charge in [0.2, 0.25) is 10.0 Å². The maximum absolute atomic E-state index is 12.3. The summed E-state index contributed by atoms with van der Waals surface area (Å²) < 4.78 is 32.0. The molecule has 0 bridgehead atoms. The predicted octanol–water partition coefficient (Wildman–Crippen LogP) is 1.03. The Morgan fingerprint density at radius 1 is 1.43 bits per heavy atom. The minimum atomic E-state index is -3.89. The molecule has 0 amide bonds. The summed E-state index contributed by atoms with van der Waals surface area (Å²) in [6.07, 6.45) is 0.725. The van der Waals surface area contributed by atoms with Crippen molar-refractivity contribution in [2.24, 2.45) is 0 Å². The van der Waals surface area contributed by atoms with Crippen molar-refractivity contribution < 1.29 is 18.3 Å². The number of aliphatic hydroxyl groups is 1. The first-order chi connectivity index (χ1) is 9.86. The van der Waals surface area contributed by atoms with Crippen LogP contribution in [0.2, 0.25) is 5.02 Å². The molecule has 1 heterocycles. The highest BCUT2D eigenvalue weighted by molar-refractivity contribution is 7.89. The van der Waals surface area contributed by atoms with Gasteiger partial charge < -0.3 is 9.84 Å². The number of nitriles is 1. The first-order valence-corrected chi connectivity index (χ1v) is 8.22. The summed E-state index contributed by atoms with van der Waals surface area (Å²) in [6.45, 7) is 0.664. The largest absolute Gasteiger partial charge is 0.388 e. The maximum atomic E-state index is 12.3. The molecule has 1 saturated heterocycles. The number of halogens is 1. The van der Waals surface area contributed by atoms with Crippen molar-refractivity contribution in [1.29, 1.82) is 5.26 Å². The van der Waals surface area contributed by atoms with Crippen molar-refractivity contribution >= 4 is 21.6 Å². The zero-order valence-electron chi connectivity index (χ0n) is 11.2. The Morgan fingerprint density at radius 3 is 2.71 bits per heavy atom. The predicted molar refractivity (Wildman–Crippen MR) is 76.4 cm³/mol. The van der Waals surface area contributed by atoms with Gasteiger partial charge in [0.05, 0.1) is 22.3 Å². The van der Waals surface area contributed by atoms with Crippen LogP contribution in [0.25, 0.3) is 0 Å². The van der Waals surface area contributed by atoms with Crippen LogP contribution in [0.4, 0.5) is 0 Å². The van der Waals surface area contributed by atoms with Gasteiger partial charge in [-0.25, -0.2) is 13.1 Å². The lowest BCUT2D eigenvalue weighted by molar-refractivity contribution is -0.0588. The Kier molecular flexibility index (Phi) is 4.86. The monoisotopic (exact) mass is 330 g/mol. The molecule has 1 aromatic carbocycles. The average Bonchev–Trinajstić information content (AvgIpc) is 2.47. The van der Waals surface area contributed by atoms with Gasteiger partial charge in [0.25, 0.3) is 0 Å². The number of rotatable bonds is 4. The van der Waals surface area contributed by atoms with Crippen molar-refractivity contribution in [3.8, 4) is 6.07 Å². The molecule has 0 aliphatic carbocycles. The maximum Gasteiger partial charge on any atom is 0.242 e. The fourth-order valence-corrected chi connectivity index (χ4v) is 3.66. The summed E-state index contributed by atoms with van der Waals surface area (Å²) in [4.78, 5) is -0.168. The highest BCUT2D eigenvalue weighted by Crippen LogP contribution is 2.24. The molecule has 2 rings (SSSR count). The zero-order chi connectivity index (χ0) is 15.5. The third-order valence-corrected chi connectivity index (χ3v) is 5.25. The topological polar surface area (TPSA) is 99.4 Å². The summed E-state index contributed by atoms with van der Waals surface area (Å²) >= 11 is 5.88. The molecule has 8 heteroatoms. The number of benzene rings is 1. The summed E-state index contributed by atoms with van der Waals surface area (Å²) in [6, 6.07) is 5.87. The molecule has 1 aliphatic heterocycles. The number of hydrogen-bond acceptors (Lipinski definition) is 5. The van der Waals surface area contributed by atoms with Gasteiger partial charge in [-0.2, -0.15) is 5.26 Å². The van der Waals surface area contributed by atoms with E-state index in [4.69, 9.17) is 21.6 Å². The van der Waals surface area contributed by atoms with E-state index in [2.05, 4.69) is 4.72 Å². The second-order valence-corrected chi connectivity index (χ2v) is 7.06. The minimum absolute atomic E-state index is 0.0282. The standard InChI is InChI=1S/C13H15ClN2O4S/c14-11-2-1-10(8-15)7-12(11)21(18,19)16-9-13(17)3-5-20-6-4-13/h1-2,7,16-17H,3-6,9H2. The van der Waals surface area contributed by atoms with E-state index in [-0.39, 0.29) is 22.0 Å². The van der Waals surface area contributed by atoms with Crippen LogP contribution in [0.5, 0.6) is 0 Å². The number of nitrogens with one attached hydrogen (secondary N) is 1. The van der Waals surface area contributed by atoms with Crippen LogP contribution < -0.4 is 4.72 Å². The van der Waals surface area contributed by atoms with Gasteiger partial charge in [-0.3, -0.25) is 0 Å². The molecule has 1 fully saturated rings. The molecule has 114 valence electrons. The normalized spacial score (nSPS) is 18.1. The van der Waals surface area contributed by atoms with E-state index >= 15 is 0 Å². The third kappa shape index (κ3) is 3.93. The smallest absolute Gasteiger partial charge is 0.242 e. The molecule has 0 spiro atoms. The average molecular weight is 331 g/mol. The van der Waals surface area contributed by atoms with Crippen molar-refractivity contribution in [2.75, 3.05) is 19.8 Å². The van der Waals surface area contributed by atoms with Crippen LogP contribution in [0.15, 0.2) is 23.1 Å². The van der Waals surface area contributed by atoms with Crippen molar-refractivity contribution in [2.45, 2.75) is 23.3 Å². The van der Waals surface area contributed by atoms with Crippen molar-refractivity contribution in [3.63, 3.8) is 0 Å². The second kappa shape index (κ2) is 6.30. The van der Waals surface area contributed by atoms with Crippen LogP contribution in [-0.2, 0) is 14.8 Å².